The first-order valence-corrected chi connectivity index (χ1v) is 20.0. The number of thiophene rings is 1. The van der Waals surface area contributed by atoms with E-state index in [1.165, 1.54) is 34.9 Å². The van der Waals surface area contributed by atoms with Crippen molar-refractivity contribution < 1.29 is 56.2 Å². The third-order valence-corrected chi connectivity index (χ3v) is 12.6. The molecule has 308 valence electrons. The third kappa shape index (κ3) is 6.09. The van der Waals surface area contributed by atoms with Gasteiger partial charge in [-0.15, -0.1) is 11.3 Å². The van der Waals surface area contributed by atoms with E-state index in [2.05, 4.69) is 27.1 Å². The van der Waals surface area contributed by atoms with Gasteiger partial charge in [-0.25, -0.2) is 15.0 Å². The fourth-order valence-corrected chi connectivity index (χ4v) is 9.19. The van der Waals surface area contributed by atoms with Crippen molar-refractivity contribution in [2.24, 2.45) is 0 Å². The number of hydrogen-bond acceptors (Lipinski definition) is 15. The van der Waals surface area contributed by atoms with E-state index in [1.54, 1.807) is 12.1 Å². The van der Waals surface area contributed by atoms with Gasteiger partial charge in [-0.2, -0.15) is 0 Å². The van der Waals surface area contributed by atoms with Crippen LogP contribution in [0.15, 0.2) is 91.0 Å². The summed E-state index contributed by atoms with van der Waals surface area (Å²) in [5, 5.41) is 124. The monoisotopic (exact) mass is 855 g/mol. The van der Waals surface area contributed by atoms with E-state index < -0.39 is 91.8 Å². The maximum atomic E-state index is 12.4. The molecule has 18 heteroatoms. The fraction of sp³-hybridized carbons (Fsp3) is 0. The predicted octanol–water partition coefficient (Wildman–Crippen LogP) is 3.78. The second-order valence-electron chi connectivity index (χ2n) is 14.9. The van der Waals surface area contributed by atoms with E-state index in [9.17, 15) is 56.2 Å². The highest BCUT2D eigenvalue weighted by molar-refractivity contribution is 7.27. The Morgan fingerprint density at radius 2 is 0.794 bits per heavy atom. The molecule has 0 amide bonds. The van der Waals surface area contributed by atoms with Crippen LogP contribution in [0.1, 0.15) is 0 Å². The standard InChI is InChI=1S/C45H32B3N3O11S/c46-27-24(43-49-44(25-31(53)28(47)39(61)40(62)35(25)57)51-45(50-43)26-33(55)37(59)29(48)38(60)34(26)56)30(52)23(32(54)36(27)58)20-13-7-12-19-22-15-18(16-8-3-1-4-9-16)14-21(42(22)63-41(19)20)17-10-5-2-6-11-17/h1-15,52-62H,46-48H2. The maximum absolute atomic E-state index is 12.4. The molecule has 0 aliphatic carbocycles. The van der Waals surface area contributed by atoms with Gasteiger partial charge in [-0.1, -0.05) is 78.9 Å². The predicted molar refractivity (Wildman–Crippen MR) is 248 cm³/mol. The second-order valence-corrected chi connectivity index (χ2v) is 16.0. The van der Waals surface area contributed by atoms with Gasteiger partial charge in [-0.3, -0.25) is 0 Å². The molecule has 0 aliphatic rings. The minimum atomic E-state index is -1.10. The lowest BCUT2D eigenvalue weighted by molar-refractivity contribution is 0.365. The molecule has 0 bridgehead atoms. The summed E-state index contributed by atoms with van der Waals surface area (Å²) in [5.41, 5.74) is 1.34. The Balaban J connectivity index is 1.35. The molecule has 0 unspecified atom stereocenters. The van der Waals surface area contributed by atoms with Gasteiger partial charge in [-0.05, 0) is 39.7 Å². The lowest BCUT2D eigenvalue weighted by atomic mass is 9.84. The number of rotatable bonds is 6. The summed E-state index contributed by atoms with van der Waals surface area (Å²) in [5.74, 6) is -11.6. The van der Waals surface area contributed by atoms with Crippen molar-refractivity contribution in [2.75, 3.05) is 0 Å². The molecule has 0 fully saturated rings. The van der Waals surface area contributed by atoms with Crippen molar-refractivity contribution in [3.05, 3.63) is 91.0 Å². The molecule has 9 aromatic rings. The van der Waals surface area contributed by atoms with Gasteiger partial charge >= 0.3 is 0 Å². The van der Waals surface area contributed by atoms with Crippen LogP contribution in [0.2, 0.25) is 0 Å². The lowest BCUT2D eigenvalue weighted by Gasteiger charge is -2.19. The number of phenols is 11. The molecule has 0 atom stereocenters. The smallest absolute Gasteiger partial charge is 0.200 e. The van der Waals surface area contributed by atoms with Crippen LogP contribution in [0.4, 0.5) is 0 Å². The Labute approximate surface area is 363 Å². The molecule has 0 spiro atoms. The molecule has 7 aromatic carbocycles. The molecule has 2 aromatic heterocycles. The van der Waals surface area contributed by atoms with Gasteiger partial charge < -0.3 is 56.2 Å². The number of nitrogens with zero attached hydrogens (tertiary/aromatic N) is 3. The first-order chi connectivity index (χ1) is 30.1. The van der Waals surface area contributed by atoms with E-state index in [4.69, 9.17) is 0 Å². The average Bonchev–Trinajstić information content (AvgIpc) is 3.68. The van der Waals surface area contributed by atoms with Crippen LogP contribution in [0.25, 0.3) is 87.7 Å². The number of aromatic nitrogens is 3. The SMILES string of the molecule is Bc1c(O)c(O)c(-c2nc(-c3c(B)c(O)c(O)c(-c4cccc5c4sc4c(-c6ccccc6)cc(-c6ccccc6)cc45)c3O)nc(-c3c(O)c(B)c(O)c(O)c3O)n2)c(O)c1O. The van der Waals surface area contributed by atoms with Crippen LogP contribution in [-0.4, -0.2) is 94.7 Å². The largest absolute Gasteiger partial charge is 0.507 e. The summed E-state index contributed by atoms with van der Waals surface area (Å²) in [6, 6.07) is 29.2. The van der Waals surface area contributed by atoms with E-state index >= 15 is 0 Å². The van der Waals surface area contributed by atoms with E-state index in [0.29, 0.717) is 10.3 Å². The summed E-state index contributed by atoms with van der Waals surface area (Å²) in [4.78, 5) is 13.0. The van der Waals surface area contributed by atoms with Crippen molar-refractivity contribution in [2.45, 2.75) is 0 Å². The number of aromatic hydroxyl groups is 11. The first kappa shape index (κ1) is 40.2. The third-order valence-electron chi connectivity index (χ3n) is 11.3. The van der Waals surface area contributed by atoms with Crippen molar-refractivity contribution in [1.82, 2.24) is 15.0 Å². The molecular weight excluding hydrogens is 823 g/mol. The van der Waals surface area contributed by atoms with Crippen LogP contribution < -0.4 is 16.4 Å². The summed E-state index contributed by atoms with van der Waals surface area (Å²) in [6.07, 6.45) is 0. The van der Waals surface area contributed by atoms with Crippen molar-refractivity contribution >= 4 is 71.4 Å². The molecule has 9 rings (SSSR count). The molecule has 14 nitrogen and oxygen atoms in total. The van der Waals surface area contributed by atoms with Crippen LogP contribution in [0.5, 0.6) is 63.2 Å². The number of fused-ring (bicyclic) bond motifs is 3. The van der Waals surface area contributed by atoms with Gasteiger partial charge in [0.2, 0.25) is 5.75 Å². The van der Waals surface area contributed by atoms with Gasteiger partial charge in [0.1, 0.15) is 46.2 Å². The molecule has 0 saturated carbocycles. The van der Waals surface area contributed by atoms with Crippen molar-refractivity contribution in [1.29, 1.82) is 0 Å². The van der Waals surface area contributed by atoms with Gasteiger partial charge in [0, 0.05) is 36.8 Å². The molecule has 0 saturated heterocycles. The highest BCUT2D eigenvalue weighted by Crippen LogP contribution is 2.53. The maximum Gasteiger partial charge on any atom is 0.200 e. The summed E-state index contributed by atoms with van der Waals surface area (Å²) < 4.78 is 1.53. The van der Waals surface area contributed by atoms with Crippen LogP contribution in [0, 0.1) is 0 Å². The van der Waals surface area contributed by atoms with Crippen molar-refractivity contribution in [3.63, 3.8) is 0 Å². The Morgan fingerprint density at radius 3 is 1.40 bits per heavy atom. The lowest BCUT2D eigenvalue weighted by Crippen LogP contribution is -2.13. The van der Waals surface area contributed by atoms with E-state index in [-0.39, 0.29) is 27.5 Å². The summed E-state index contributed by atoms with van der Waals surface area (Å²) >= 11 is 1.40. The molecule has 11 N–H and O–H groups in total. The van der Waals surface area contributed by atoms with E-state index in [1.807, 2.05) is 66.7 Å². The normalized spacial score (nSPS) is 11.4. The zero-order valence-corrected chi connectivity index (χ0v) is 34.1. The number of phenolic OH excluding ortho intramolecular Hbond substituents is 11. The van der Waals surface area contributed by atoms with Crippen LogP contribution >= 0.6 is 11.3 Å². The average molecular weight is 855 g/mol. The first-order valence-electron chi connectivity index (χ1n) is 19.2. The minimum absolute atomic E-state index is 0.180. The van der Waals surface area contributed by atoms with Crippen LogP contribution in [0.3, 0.4) is 0 Å². The van der Waals surface area contributed by atoms with Gasteiger partial charge in [0.25, 0.3) is 0 Å². The van der Waals surface area contributed by atoms with Gasteiger partial charge in [0.15, 0.2) is 63.5 Å². The number of hydrogen-bond donors (Lipinski definition) is 11. The molecule has 0 radical (unpaired) electrons. The van der Waals surface area contributed by atoms with Gasteiger partial charge in [0.05, 0.1) is 11.1 Å². The highest BCUT2D eigenvalue weighted by atomic mass is 32.1. The highest BCUT2D eigenvalue weighted by Gasteiger charge is 2.32. The minimum Gasteiger partial charge on any atom is -0.507 e. The topological polar surface area (TPSA) is 261 Å². The van der Waals surface area contributed by atoms with Crippen molar-refractivity contribution in [3.8, 4) is 131 Å². The van der Waals surface area contributed by atoms with Crippen LogP contribution in [-0.2, 0) is 0 Å². The van der Waals surface area contributed by atoms with E-state index in [0.717, 1.165) is 37.7 Å². The Hall–Kier alpha value is -8.24. The molecule has 0 aliphatic heterocycles. The Morgan fingerprint density at radius 1 is 0.333 bits per heavy atom. The summed E-state index contributed by atoms with van der Waals surface area (Å²) in [6.45, 7) is 0. The quantitative estimate of drug-likeness (QED) is 0.0647. The Bertz CT molecular complexity index is 3260. The second kappa shape index (κ2) is 14.7. The zero-order chi connectivity index (χ0) is 44.8. The zero-order valence-electron chi connectivity index (χ0n) is 33.3. The Kier molecular flexibility index (Phi) is 9.40. The molecular formula is C45H32B3N3O11S. The number of benzene rings is 7. The fourth-order valence-electron chi connectivity index (χ4n) is 7.86. The molecule has 2 heterocycles. The molecule has 63 heavy (non-hydrogen) atoms. The summed E-state index contributed by atoms with van der Waals surface area (Å²) in [7, 11) is 3.75.